The van der Waals surface area contributed by atoms with Crippen LogP contribution in [-0.4, -0.2) is 22.9 Å². The Labute approximate surface area is 62.3 Å². The van der Waals surface area contributed by atoms with Crippen molar-refractivity contribution in [2.75, 3.05) is 0 Å². The number of imidazole rings is 1. The Morgan fingerprint density at radius 2 is 2.10 bits per heavy atom. The predicted octanol–water partition coefficient (Wildman–Crippen LogP) is 0.438. The SMILES string of the molecule is O=S(=O)(O)Cl.c1c[nH]cn1. The number of nitrogens with one attached hydrogen (secondary N) is 1. The van der Waals surface area contributed by atoms with Crippen LogP contribution in [0, 0.1) is 0 Å². The Morgan fingerprint density at radius 3 is 2.20 bits per heavy atom. The maximum Gasteiger partial charge on any atom is 0.353 e. The van der Waals surface area contributed by atoms with E-state index < -0.39 is 9.33 Å². The van der Waals surface area contributed by atoms with Crippen molar-refractivity contribution in [3.8, 4) is 0 Å². The third-order valence-corrected chi connectivity index (χ3v) is 0.406. The molecule has 0 unspecified atom stereocenters. The largest absolute Gasteiger partial charge is 0.353 e. The van der Waals surface area contributed by atoms with Gasteiger partial charge in [0.15, 0.2) is 0 Å². The van der Waals surface area contributed by atoms with Gasteiger partial charge in [-0.25, -0.2) is 4.98 Å². The van der Waals surface area contributed by atoms with Crippen molar-refractivity contribution in [3.05, 3.63) is 18.7 Å². The monoisotopic (exact) mass is 184 g/mol. The summed E-state index contributed by atoms with van der Waals surface area (Å²) < 4.78 is 25.2. The molecule has 0 bridgehead atoms. The maximum atomic E-state index is 8.95. The van der Waals surface area contributed by atoms with Gasteiger partial charge in [-0.15, -0.1) is 0 Å². The molecule has 0 aliphatic heterocycles. The zero-order chi connectivity index (χ0) is 8.04. The van der Waals surface area contributed by atoms with E-state index in [2.05, 4.69) is 20.7 Å². The molecule has 1 heterocycles. The summed E-state index contributed by atoms with van der Waals surface area (Å²) in [5.74, 6) is 0. The number of halogens is 1. The number of H-pyrrole nitrogens is 1. The van der Waals surface area contributed by atoms with Gasteiger partial charge >= 0.3 is 9.33 Å². The summed E-state index contributed by atoms with van der Waals surface area (Å²) in [5.41, 5.74) is 0. The van der Waals surface area contributed by atoms with Crippen LogP contribution in [0.3, 0.4) is 0 Å². The second-order valence-electron chi connectivity index (χ2n) is 1.17. The van der Waals surface area contributed by atoms with E-state index in [4.69, 9.17) is 13.0 Å². The predicted molar refractivity (Wildman–Crippen MR) is 36.0 cm³/mol. The molecule has 1 aromatic heterocycles. The molecular weight excluding hydrogens is 180 g/mol. The van der Waals surface area contributed by atoms with E-state index in [0.717, 1.165) is 0 Å². The minimum absolute atomic E-state index is 1.62. The number of aromatic nitrogens is 2. The van der Waals surface area contributed by atoms with E-state index in [1.165, 1.54) is 0 Å². The lowest BCUT2D eigenvalue weighted by molar-refractivity contribution is 0.501. The quantitative estimate of drug-likeness (QED) is 0.453. The summed E-state index contributed by atoms with van der Waals surface area (Å²) in [4.78, 5) is 6.42. The third-order valence-electron chi connectivity index (χ3n) is 0.406. The van der Waals surface area contributed by atoms with Crippen molar-refractivity contribution in [2.45, 2.75) is 0 Å². The van der Waals surface area contributed by atoms with Crippen LogP contribution in [0.4, 0.5) is 0 Å². The van der Waals surface area contributed by atoms with Gasteiger partial charge in [0, 0.05) is 23.1 Å². The van der Waals surface area contributed by atoms with Crippen LogP contribution in [-0.2, 0) is 9.33 Å². The van der Waals surface area contributed by atoms with E-state index in [1.54, 1.807) is 18.7 Å². The molecule has 5 nitrogen and oxygen atoms in total. The lowest BCUT2D eigenvalue weighted by Gasteiger charge is -1.65. The van der Waals surface area contributed by atoms with Crippen molar-refractivity contribution in [3.63, 3.8) is 0 Å². The van der Waals surface area contributed by atoms with Gasteiger partial charge in [-0.3, -0.25) is 4.55 Å². The molecule has 0 spiro atoms. The van der Waals surface area contributed by atoms with Gasteiger partial charge in [0.2, 0.25) is 0 Å². The fraction of sp³-hybridized carbons (Fsp3) is 0. The van der Waals surface area contributed by atoms with Crippen molar-refractivity contribution in [2.24, 2.45) is 0 Å². The van der Waals surface area contributed by atoms with Crippen molar-refractivity contribution in [1.82, 2.24) is 9.97 Å². The number of rotatable bonds is 0. The highest BCUT2D eigenvalue weighted by Gasteiger charge is 1.86. The Morgan fingerprint density at radius 1 is 1.60 bits per heavy atom. The van der Waals surface area contributed by atoms with Crippen molar-refractivity contribution >= 4 is 20.0 Å². The lowest BCUT2D eigenvalue weighted by atomic mass is 11.0. The van der Waals surface area contributed by atoms with Crippen LogP contribution in [0.25, 0.3) is 0 Å². The molecule has 0 saturated carbocycles. The highest BCUT2D eigenvalue weighted by Crippen LogP contribution is 1.82. The Bertz CT molecular complexity index is 218. The molecule has 7 heteroatoms. The molecule has 58 valence electrons. The third kappa shape index (κ3) is 15.7. The lowest BCUT2D eigenvalue weighted by Crippen LogP contribution is -1.77. The Hall–Kier alpha value is -0.590. The summed E-state index contributed by atoms with van der Waals surface area (Å²) in [6.07, 6.45) is 5.08. The molecule has 0 aromatic carbocycles. The van der Waals surface area contributed by atoms with Crippen LogP contribution in [0.15, 0.2) is 18.7 Å². The fourth-order valence-electron chi connectivity index (χ4n) is 0.215. The summed E-state index contributed by atoms with van der Waals surface area (Å²) in [6, 6.07) is 0. The normalized spacial score (nSPS) is 9.80. The molecule has 0 fully saturated rings. The Kier molecular flexibility index (Phi) is 4.01. The molecular formula is C3H5ClN2O3S. The molecule has 0 radical (unpaired) electrons. The first-order valence-corrected chi connectivity index (χ1v) is 4.36. The van der Waals surface area contributed by atoms with Gasteiger partial charge in [-0.05, 0) is 0 Å². The topological polar surface area (TPSA) is 83.0 Å². The molecule has 0 amide bonds. The van der Waals surface area contributed by atoms with Gasteiger partial charge in [-0.2, -0.15) is 8.42 Å². The molecule has 0 aliphatic carbocycles. The van der Waals surface area contributed by atoms with Crippen molar-refractivity contribution in [1.29, 1.82) is 0 Å². The van der Waals surface area contributed by atoms with Gasteiger partial charge in [0.05, 0.1) is 6.33 Å². The fourth-order valence-corrected chi connectivity index (χ4v) is 0.215. The minimum atomic E-state index is -4.19. The highest BCUT2D eigenvalue weighted by atomic mass is 35.7. The first-order chi connectivity index (χ1) is 4.50. The number of hydrogen-bond donors (Lipinski definition) is 2. The van der Waals surface area contributed by atoms with Crippen LogP contribution in [0.2, 0.25) is 0 Å². The minimum Gasteiger partial charge on any atom is -0.351 e. The zero-order valence-electron chi connectivity index (χ0n) is 4.73. The average Bonchev–Trinajstić information content (AvgIpc) is 2.07. The summed E-state index contributed by atoms with van der Waals surface area (Å²) >= 11 is 0. The van der Waals surface area contributed by atoms with E-state index in [9.17, 15) is 0 Å². The highest BCUT2D eigenvalue weighted by molar-refractivity contribution is 8.09. The maximum absolute atomic E-state index is 8.95. The number of hydrogen-bond acceptors (Lipinski definition) is 3. The molecule has 1 aromatic rings. The zero-order valence-corrected chi connectivity index (χ0v) is 6.30. The summed E-state index contributed by atoms with van der Waals surface area (Å²) in [6.45, 7) is 0. The second-order valence-corrected chi connectivity index (χ2v) is 3.17. The molecule has 0 aliphatic rings. The van der Waals surface area contributed by atoms with E-state index in [0.29, 0.717) is 0 Å². The van der Waals surface area contributed by atoms with Gasteiger partial charge in [0.1, 0.15) is 0 Å². The molecule has 0 saturated heterocycles. The Balaban J connectivity index is 0.000000162. The van der Waals surface area contributed by atoms with Gasteiger partial charge < -0.3 is 4.98 Å². The smallest absolute Gasteiger partial charge is 0.351 e. The van der Waals surface area contributed by atoms with Gasteiger partial charge in [-0.1, -0.05) is 0 Å². The summed E-state index contributed by atoms with van der Waals surface area (Å²) in [7, 11) is -0.137. The molecule has 10 heavy (non-hydrogen) atoms. The van der Waals surface area contributed by atoms with E-state index in [1.807, 2.05) is 0 Å². The molecule has 2 N–H and O–H groups in total. The standard InChI is InChI=1S/C3H4N2.ClHO3S/c1-2-5-3-4-1;1-5(2,3)4/h1-3H,(H,4,5);(H,2,3,4). The van der Waals surface area contributed by atoms with Crippen LogP contribution < -0.4 is 0 Å². The van der Waals surface area contributed by atoms with Gasteiger partial charge in [0.25, 0.3) is 0 Å². The van der Waals surface area contributed by atoms with E-state index in [-0.39, 0.29) is 0 Å². The average molecular weight is 185 g/mol. The van der Waals surface area contributed by atoms with Crippen LogP contribution in [0.5, 0.6) is 0 Å². The summed E-state index contributed by atoms with van der Waals surface area (Å²) in [5, 5.41) is 0. The molecule has 0 atom stereocenters. The molecule has 1 rings (SSSR count). The van der Waals surface area contributed by atoms with E-state index >= 15 is 0 Å². The van der Waals surface area contributed by atoms with Crippen LogP contribution >= 0.6 is 10.7 Å². The number of nitrogens with zero attached hydrogens (tertiary/aromatic N) is 1. The van der Waals surface area contributed by atoms with Crippen molar-refractivity contribution < 1.29 is 13.0 Å². The second kappa shape index (κ2) is 4.26. The first-order valence-electron chi connectivity index (χ1n) is 2.10. The first kappa shape index (κ1) is 9.41. The number of aromatic amines is 1. The van der Waals surface area contributed by atoms with Crippen LogP contribution in [0.1, 0.15) is 0 Å².